The number of benzene rings is 1. The third kappa shape index (κ3) is 3.20. The van der Waals surface area contributed by atoms with Crippen LogP contribution in [0, 0.1) is 13.8 Å². The molecule has 3 nitrogen and oxygen atoms in total. The molecule has 0 aliphatic carbocycles. The Bertz CT molecular complexity index is 757. The van der Waals surface area contributed by atoms with E-state index in [-0.39, 0.29) is 0 Å². The molecule has 0 atom stereocenters. The lowest BCUT2D eigenvalue weighted by Crippen LogP contribution is -1.89. The number of aromatic nitrogens is 1. The molecule has 0 radical (unpaired) electrons. The molecule has 3 rings (SSSR count). The monoisotopic (exact) mass is 313 g/mol. The Labute approximate surface area is 132 Å². The predicted molar refractivity (Wildman–Crippen MR) is 92.6 cm³/mol. The van der Waals surface area contributed by atoms with Gasteiger partial charge in [-0.1, -0.05) is 30.3 Å². The summed E-state index contributed by atoms with van der Waals surface area (Å²) in [5.41, 5.74) is 6.42. The van der Waals surface area contributed by atoms with Crippen molar-refractivity contribution in [3.63, 3.8) is 0 Å². The second kappa shape index (κ2) is 6.20. The number of thiophene rings is 1. The molecular weight excluding hydrogens is 298 g/mol. The molecule has 5 heteroatoms. The molecule has 0 unspecified atom stereocenters. The smallest absolute Gasteiger partial charge is 0.204 e. The van der Waals surface area contributed by atoms with Crippen molar-refractivity contribution in [1.29, 1.82) is 0 Å². The first kappa shape index (κ1) is 14.0. The zero-order valence-corrected chi connectivity index (χ0v) is 13.5. The summed E-state index contributed by atoms with van der Waals surface area (Å²) in [6.45, 7) is 4.16. The van der Waals surface area contributed by atoms with Crippen LogP contribution in [0.1, 0.15) is 15.3 Å². The van der Waals surface area contributed by atoms with Gasteiger partial charge in [0.2, 0.25) is 5.13 Å². The van der Waals surface area contributed by atoms with Gasteiger partial charge in [0.15, 0.2) is 0 Å². The number of hydrogen-bond donors (Lipinski definition) is 1. The van der Waals surface area contributed by atoms with Crippen molar-refractivity contribution in [2.24, 2.45) is 5.10 Å². The quantitative estimate of drug-likeness (QED) is 0.547. The molecule has 1 N–H and O–H groups in total. The van der Waals surface area contributed by atoms with Crippen LogP contribution in [-0.2, 0) is 0 Å². The minimum atomic E-state index is 0.816. The highest BCUT2D eigenvalue weighted by molar-refractivity contribution is 7.16. The summed E-state index contributed by atoms with van der Waals surface area (Å²) >= 11 is 3.30. The van der Waals surface area contributed by atoms with Crippen LogP contribution in [0.3, 0.4) is 0 Å². The molecular formula is C16H15N3S2. The molecule has 21 heavy (non-hydrogen) atoms. The van der Waals surface area contributed by atoms with E-state index in [9.17, 15) is 0 Å². The van der Waals surface area contributed by atoms with Crippen molar-refractivity contribution in [3.8, 4) is 11.3 Å². The van der Waals surface area contributed by atoms with E-state index < -0.39 is 0 Å². The topological polar surface area (TPSA) is 37.3 Å². The van der Waals surface area contributed by atoms with Crippen LogP contribution in [0.15, 0.2) is 46.9 Å². The lowest BCUT2D eigenvalue weighted by molar-refractivity contribution is 1.28. The van der Waals surface area contributed by atoms with Crippen LogP contribution < -0.4 is 5.43 Å². The summed E-state index contributed by atoms with van der Waals surface area (Å²) in [5, 5.41) is 7.16. The van der Waals surface area contributed by atoms with Crippen LogP contribution >= 0.6 is 22.7 Å². The zero-order chi connectivity index (χ0) is 14.7. The number of hydrazone groups is 1. The summed E-state index contributed by atoms with van der Waals surface area (Å²) < 4.78 is 0. The fourth-order valence-electron chi connectivity index (χ4n) is 1.97. The second-order valence-electron chi connectivity index (χ2n) is 4.63. The van der Waals surface area contributed by atoms with Crippen molar-refractivity contribution < 1.29 is 0 Å². The molecule has 1 aromatic carbocycles. The van der Waals surface area contributed by atoms with Gasteiger partial charge >= 0.3 is 0 Å². The van der Waals surface area contributed by atoms with Gasteiger partial charge in [-0.05, 0) is 30.9 Å². The van der Waals surface area contributed by atoms with E-state index >= 15 is 0 Å². The van der Waals surface area contributed by atoms with Crippen molar-refractivity contribution in [2.45, 2.75) is 13.8 Å². The van der Waals surface area contributed by atoms with Crippen LogP contribution in [0.2, 0.25) is 0 Å². The first-order chi connectivity index (χ1) is 10.2. The Morgan fingerprint density at radius 2 is 1.95 bits per heavy atom. The lowest BCUT2D eigenvalue weighted by Gasteiger charge is -1.96. The summed E-state index contributed by atoms with van der Waals surface area (Å²) in [7, 11) is 0. The minimum absolute atomic E-state index is 0.816. The first-order valence-corrected chi connectivity index (χ1v) is 8.29. The summed E-state index contributed by atoms with van der Waals surface area (Å²) in [4.78, 5) is 6.97. The van der Waals surface area contributed by atoms with E-state index in [0.717, 1.165) is 16.4 Å². The largest absolute Gasteiger partial charge is 0.253 e. The van der Waals surface area contributed by atoms with E-state index in [4.69, 9.17) is 0 Å². The fourth-order valence-corrected chi connectivity index (χ4v) is 3.54. The summed E-state index contributed by atoms with van der Waals surface area (Å²) in [5.74, 6) is 0. The Hall–Kier alpha value is -1.98. The van der Waals surface area contributed by atoms with Crippen LogP contribution in [-0.4, -0.2) is 11.2 Å². The number of hydrogen-bond acceptors (Lipinski definition) is 5. The highest BCUT2D eigenvalue weighted by Gasteiger charge is 2.08. The van der Waals surface area contributed by atoms with Crippen LogP contribution in [0.25, 0.3) is 11.3 Å². The van der Waals surface area contributed by atoms with Crippen LogP contribution in [0.4, 0.5) is 5.13 Å². The average molecular weight is 313 g/mol. The van der Waals surface area contributed by atoms with E-state index in [1.807, 2.05) is 24.4 Å². The third-order valence-electron chi connectivity index (χ3n) is 3.09. The third-order valence-corrected chi connectivity index (χ3v) is 4.92. The SMILES string of the molecule is Cc1ccsc1/C=N\Nc1nc(-c2ccccc2)c(C)s1. The summed E-state index contributed by atoms with van der Waals surface area (Å²) in [6, 6.07) is 12.3. The van der Waals surface area contributed by atoms with E-state index in [2.05, 4.69) is 52.9 Å². The Kier molecular flexibility index (Phi) is 4.13. The molecule has 0 aliphatic rings. The Balaban J connectivity index is 1.76. The average Bonchev–Trinajstić information content (AvgIpc) is 3.06. The maximum atomic E-state index is 4.62. The minimum Gasteiger partial charge on any atom is -0.253 e. The van der Waals surface area contributed by atoms with Crippen molar-refractivity contribution >= 4 is 34.0 Å². The standard InChI is InChI=1S/C16H15N3S2/c1-11-8-9-20-14(11)10-17-19-16-18-15(12(2)21-16)13-6-4-3-5-7-13/h3-10H,1-2H3,(H,18,19)/b17-10-. The maximum Gasteiger partial charge on any atom is 0.204 e. The number of aryl methyl sites for hydroxylation is 2. The molecule has 0 bridgehead atoms. The van der Waals surface area contributed by atoms with Gasteiger partial charge in [-0.3, -0.25) is 5.43 Å². The van der Waals surface area contributed by atoms with E-state index in [1.54, 1.807) is 22.7 Å². The van der Waals surface area contributed by atoms with Crippen molar-refractivity contribution in [3.05, 3.63) is 57.1 Å². The molecule has 0 aliphatic heterocycles. The zero-order valence-electron chi connectivity index (χ0n) is 11.8. The van der Waals surface area contributed by atoms with Gasteiger partial charge in [0.05, 0.1) is 11.9 Å². The van der Waals surface area contributed by atoms with Gasteiger partial charge < -0.3 is 0 Å². The van der Waals surface area contributed by atoms with Crippen molar-refractivity contribution in [1.82, 2.24) is 4.98 Å². The molecule has 106 valence electrons. The molecule has 0 saturated carbocycles. The molecule has 0 fully saturated rings. The first-order valence-electron chi connectivity index (χ1n) is 6.60. The van der Waals surface area contributed by atoms with Gasteiger partial charge in [-0.2, -0.15) is 5.10 Å². The number of nitrogens with zero attached hydrogens (tertiary/aromatic N) is 2. The lowest BCUT2D eigenvalue weighted by atomic mass is 10.1. The Morgan fingerprint density at radius 3 is 2.67 bits per heavy atom. The molecule has 3 aromatic rings. The molecule has 2 aromatic heterocycles. The molecule has 0 saturated heterocycles. The second-order valence-corrected chi connectivity index (χ2v) is 6.78. The number of thiazole rings is 1. The predicted octanol–water partition coefficient (Wildman–Crippen LogP) is 4.93. The Morgan fingerprint density at radius 1 is 1.14 bits per heavy atom. The van der Waals surface area contributed by atoms with Gasteiger partial charge in [-0.15, -0.1) is 22.7 Å². The van der Waals surface area contributed by atoms with Gasteiger partial charge in [0.25, 0.3) is 0 Å². The van der Waals surface area contributed by atoms with Gasteiger partial charge in [0.1, 0.15) is 0 Å². The molecule has 0 amide bonds. The van der Waals surface area contributed by atoms with E-state index in [1.165, 1.54) is 15.3 Å². The van der Waals surface area contributed by atoms with Gasteiger partial charge in [-0.25, -0.2) is 4.98 Å². The van der Waals surface area contributed by atoms with Crippen LogP contribution in [0.5, 0.6) is 0 Å². The normalized spacial score (nSPS) is 11.1. The van der Waals surface area contributed by atoms with Crippen molar-refractivity contribution in [2.75, 3.05) is 5.43 Å². The highest BCUT2D eigenvalue weighted by atomic mass is 32.1. The van der Waals surface area contributed by atoms with E-state index in [0.29, 0.717) is 0 Å². The van der Waals surface area contributed by atoms with Gasteiger partial charge in [0, 0.05) is 15.3 Å². The molecule has 0 spiro atoms. The fraction of sp³-hybridized carbons (Fsp3) is 0.125. The number of rotatable bonds is 4. The number of nitrogens with one attached hydrogen (secondary N) is 1. The number of anilines is 1. The maximum absolute atomic E-state index is 4.62. The molecule has 2 heterocycles. The highest BCUT2D eigenvalue weighted by Crippen LogP contribution is 2.30. The summed E-state index contributed by atoms with van der Waals surface area (Å²) in [6.07, 6.45) is 1.85.